The smallest absolute Gasteiger partial charge is 0.234 e. The molecule has 110 valence electrons. The second-order valence-electron chi connectivity index (χ2n) is 6.04. The van der Waals surface area contributed by atoms with Crippen LogP contribution in [0.5, 0.6) is 0 Å². The number of carbonyl (C=O) groups excluding carboxylic acids is 1. The number of nitrogens with one attached hydrogen (secondary N) is 1. The summed E-state index contributed by atoms with van der Waals surface area (Å²) in [6.45, 7) is 7.37. The maximum Gasteiger partial charge on any atom is 0.234 e. The van der Waals surface area contributed by atoms with E-state index in [9.17, 15) is 9.18 Å². The third-order valence-electron chi connectivity index (χ3n) is 3.71. The van der Waals surface area contributed by atoms with E-state index in [0.717, 1.165) is 18.7 Å². The van der Waals surface area contributed by atoms with Gasteiger partial charge < -0.3 is 5.32 Å². The van der Waals surface area contributed by atoms with Crippen molar-refractivity contribution < 1.29 is 9.18 Å². The Morgan fingerprint density at radius 1 is 1.25 bits per heavy atom. The average molecular weight is 278 g/mol. The van der Waals surface area contributed by atoms with E-state index < -0.39 is 0 Å². The minimum atomic E-state index is -0.253. The maximum absolute atomic E-state index is 12.8. The number of hydrogen-bond donors (Lipinski definition) is 1. The van der Waals surface area contributed by atoms with Gasteiger partial charge in [-0.3, -0.25) is 9.69 Å². The second-order valence-corrected chi connectivity index (χ2v) is 6.04. The number of carbonyl (C=O) groups is 1. The normalized spacial score (nSPS) is 23.6. The predicted octanol–water partition coefficient (Wildman–Crippen LogP) is 2.42. The zero-order valence-corrected chi connectivity index (χ0v) is 12.2. The number of likely N-dealkylation sites (tertiary alicyclic amines) is 1. The number of amides is 1. The van der Waals surface area contributed by atoms with Crippen molar-refractivity contribution in [1.82, 2.24) is 10.2 Å². The first-order chi connectivity index (χ1) is 9.52. The molecule has 1 amide bonds. The van der Waals surface area contributed by atoms with Crippen molar-refractivity contribution in [3.05, 3.63) is 35.6 Å². The number of nitrogens with zero attached hydrogens (tertiary/aromatic N) is 1. The van der Waals surface area contributed by atoms with Crippen LogP contribution >= 0.6 is 0 Å². The topological polar surface area (TPSA) is 32.3 Å². The molecule has 3 nitrogen and oxygen atoms in total. The molecule has 2 atom stereocenters. The Morgan fingerprint density at radius 3 is 2.45 bits per heavy atom. The van der Waals surface area contributed by atoms with Crippen LogP contribution in [0.15, 0.2) is 24.3 Å². The fourth-order valence-electron chi connectivity index (χ4n) is 2.98. The summed E-state index contributed by atoms with van der Waals surface area (Å²) in [4.78, 5) is 14.2. The van der Waals surface area contributed by atoms with E-state index >= 15 is 0 Å². The molecule has 1 aliphatic heterocycles. The molecule has 1 aromatic rings. The van der Waals surface area contributed by atoms with Crippen LogP contribution in [0.4, 0.5) is 4.39 Å². The fourth-order valence-corrected chi connectivity index (χ4v) is 2.98. The minimum absolute atomic E-state index is 0.0376. The number of benzene rings is 1. The van der Waals surface area contributed by atoms with Crippen LogP contribution in [0.25, 0.3) is 0 Å². The zero-order valence-electron chi connectivity index (χ0n) is 12.2. The third kappa shape index (κ3) is 4.60. The molecule has 2 rings (SSSR count). The van der Waals surface area contributed by atoms with Gasteiger partial charge in [0.15, 0.2) is 0 Å². The van der Waals surface area contributed by atoms with Gasteiger partial charge in [-0.25, -0.2) is 4.39 Å². The number of rotatable bonds is 4. The lowest BCUT2D eigenvalue weighted by molar-refractivity contribution is -0.123. The van der Waals surface area contributed by atoms with Crippen LogP contribution in [0.3, 0.4) is 0 Å². The Bertz CT molecular complexity index is 436. The largest absolute Gasteiger partial charge is 0.351 e. The molecule has 0 saturated carbocycles. The Kier molecular flexibility index (Phi) is 5.12. The van der Waals surface area contributed by atoms with E-state index in [4.69, 9.17) is 0 Å². The van der Waals surface area contributed by atoms with Gasteiger partial charge in [0.25, 0.3) is 0 Å². The number of halogens is 1. The first kappa shape index (κ1) is 15.0. The number of hydrogen-bond acceptors (Lipinski definition) is 2. The Labute approximate surface area is 120 Å². The molecule has 0 aromatic heterocycles. The summed E-state index contributed by atoms with van der Waals surface area (Å²) < 4.78 is 12.8. The Hall–Kier alpha value is -1.42. The maximum atomic E-state index is 12.8. The summed E-state index contributed by atoms with van der Waals surface area (Å²) in [5.41, 5.74) is 0.917. The molecule has 1 fully saturated rings. The molecule has 0 bridgehead atoms. The van der Waals surface area contributed by atoms with Crippen molar-refractivity contribution in [2.45, 2.75) is 26.8 Å². The lowest BCUT2D eigenvalue weighted by atomic mass is 9.92. The highest BCUT2D eigenvalue weighted by molar-refractivity contribution is 5.78. The predicted molar refractivity (Wildman–Crippen MR) is 77.6 cm³/mol. The zero-order chi connectivity index (χ0) is 14.5. The molecular formula is C16H23FN2O. The summed E-state index contributed by atoms with van der Waals surface area (Å²) in [6, 6.07) is 6.21. The van der Waals surface area contributed by atoms with Gasteiger partial charge in [-0.2, -0.15) is 0 Å². The lowest BCUT2D eigenvalue weighted by Crippen LogP contribution is -2.44. The minimum Gasteiger partial charge on any atom is -0.351 e. The van der Waals surface area contributed by atoms with Crippen molar-refractivity contribution in [3.63, 3.8) is 0 Å². The fraction of sp³-hybridized carbons (Fsp3) is 0.562. The van der Waals surface area contributed by atoms with Gasteiger partial charge in [0.1, 0.15) is 5.82 Å². The standard InChI is InChI=1S/C16H23FN2O/c1-12-7-13(2)10-19(9-12)11-16(20)18-8-14-3-5-15(17)6-4-14/h3-6,12-13H,7-11H2,1-2H3,(H,18,20). The molecule has 4 heteroatoms. The van der Waals surface area contributed by atoms with Gasteiger partial charge >= 0.3 is 0 Å². The summed E-state index contributed by atoms with van der Waals surface area (Å²) in [6.07, 6.45) is 1.24. The first-order valence-corrected chi connectivity index (χ1v) is 7.26. The summed E-state index contributed by atoms with van der Waals surface area (Å²) in [5, 5.41) is 2.89. The molecule has 0 radical (unpaired) electrons. The second kappa shape index (κ2) is 6.84. The SMILES string of the molecule is CC1CC(C)CN(CC(=O)NCc2ccc(F)cc2)C1. The Balaban J connectivity index is 1.76. The van der Waals surface area contributed by atoms with Crippen LogP contribution in [0, 0.1) is 17.7 Å². The lowest BCUT2D eigenvalue weighted by Gasteiger charge is -2.34. The van der Waals surface area contributed by atoms with Crippen molar-refractivity contribution in [2.24, 2.45) is 11.8 Å². The first-order valence-electron chi connectivity index (χ1n) is 7.26. The van der Waals surface area contributed by atoms with Crippen molar-refractivity contribution >= 4 is 5.91 Å². The van der Waals surface area contributed by atoms with Crippen LogP contribution < -0.4 is 5.32 Å². The van der Waals surface area contributed by atoms with E-state index in [1.165, 1.54) is 18.6 Å². The van der Waals surface area contributed by atoms with Crippen LogP contribution in [0.1, 0.15) is 25.8 Å². The van der Waals surface area contributed by atoms with Gasteiger partial charge in [0, 0.05) is 19.6 Å². The molecule has 1 heterocycles. The molecule has 1 aromatic carbocycles. The van der Waals surface area contributed by atoms with Crippen LogP contribution in [0.2, 0.25) is 0 Å². The van der Waals surface area contributed by atoms with Gasteiger partial charge in [-0.15, -0.1) is 0 Å². The van der Waals surface area contributed by atoms with Gasteiger partial charge in [-0.05, 0) is 36.0 Å². The van der Waals surface area contributed by atoms with E-state index in [1.54, 1.807) is 12.1 Å². The van der Waals surface area contributed by atoms with Gasteiger partial charge in [0.2, 0.25) is 5.91 Å². The monoisotopic (exact) mass is 278 g/mol. The molecule has 20 heavy (non-hydrogen) atoms. The summed E-state index contributed by atoms with van der Waals surface area (Å²) in [7, 11) is 0. The molecule has 0 spiro atoms. The molecule has 0 aliphatic carbocycles. The highest BCUT2D eigenvalue weighted by Gasteiger charge is 2.22. The van der Waals surface area contributed by atoms with Gasteiger partial charge in [-0.1, -0.05) is 26.0 Å². The van der Waals surface area contributed by atoms with Crippen molar-refractivity contribution in [2.75, 3.05) is 19.6 Å². The summed E-state index contributed by atoms with van der Waals surface area (Å²) >= 11 is 0. The highest BCUT2D eigenvalue weighted by atomic mass is 19.1. The highest BCUT2D eigenvalue weighted by Crippen LogP contribution is 2.20. The average Bonchev–Trinajstić information content (AvgIpc) is 2.37. The Morgan fingerprint density at radius 2 is 1.85 bits per heavy atom. The molecule has 1 N–H and O–H groups in total. The molecule has 1 saturated heterocycles. The quantitative estimate of drug-likeness (QED) is 0.917. The van der Waals surface area contributed by atoms with E-state index in [2.05, 4.69) is 24.1 Å². The van der Waals surface area contributed by atoms with Gasteiger partial charge in [0.05, 0.1) is 6.54 Å². The van der Waals surface area contributed by atoms with Crippen molar-refractivity contribution in [1.29, 1.82) is 0 Å². The molecule has 1 aliphatic rings. The van der Waals surface area contributed by atoms with E-state index in [0.29, 0.717) is 24.9 Å². The summed E-state index contributed by atoms with van der Waals surface area (Å²) in [5.74, 6) is 1.10. The van der Waals surface area contributed by atoms with E-state index in [-0.39, 0.29) is 11.7 Å². The number of piperidine rings is 1. The molecule has 2 unspecified atom stereocenters. The van der Waals surface area contributed by atoms with Crippen LogP contribution in [-0.4, -0.2) is 30.4 Å². The third-order valence-corrected chi connectivity index (χ3v) is 3.71. The van der Waals surface area contributed by atoms with Crippen molar-refractivity contribution in [3.8, 4) is 0 Å². The molecular weight excluding hydrogens is 255 g/mol. The van der Waals surface area contributed by atoms with Crippen LogP contribution in [-0.2, 0) is 11.3 Å². The van der Waals surface area contributed by atoms with E-state index in [1.807, 2.05) is 0 Å².